The standard InChI is InChI=1S/C18H17ClN4O2/c19-13-3-4-14-15(8-13)21-17(9-16(14)23-7-5-20-11-23)22-6-1-2-12(10-22)18(24)25/h3-5,7-9,11-12H,1-2,6,10H2,(H,24,25)/t12-/m0/s1. The summed E-state index contributed by atoms with van der Waals surface area (Å²) in [4.78, 5) is 22.3. The van der Waals surface area contributed by atoms with Crippen LogP contribution in [0.2, 0.25) is 5.02 Å². The molecule has 0 unspecified atom stereocenters. The second-order valence-electron chi connectivity index (χ2n) is 6.25. The summed E-state index contributed by atoms with van der Waals surface area (Å²) in [6.45, 7) is 1.27. The Morgan fingerprint density at radius 2 is 2.20 bits per heavy atom. The molecule has 1 aliphatic rings. The molecule has 1 aliphatic heterocycles. The Hall–Kier alpha value is -2.60. The Bertz CT molecular complexity index is 926. The third-order valence-electron chi connectivity index (χ3n) is 4.61. The van der Waals surface area contributed by atoms with Gasteiger partial charge >= 0.3 is 5.97 Å². The van der Waals surface area contributed by atoms with Gasteiger partial charge in [0.05, 0.1) is 23.4 Å². The predicted octanol–water partition coefficient (Wildman–Crippen LogP) is 3.37. The molecule has 25 heavy (non-hydrogen) atoms. The van der Waals surface area contributed by atoms with Gasteiger partial charge in [0.1, 0.15) is 5.82 Å². The molecular formula is C18H17ClN4O2. The van der Waals surface area contributed by atoms with E-state index < -0.39 is 5.97 Å². The summed E-state index contributed by atoms with van der Waals surface area (Å²) in [5.74, 6) is -0.338. The summed E-state index contributed by atoms with van der Waals surface area (Å²) in [7, 11) is 0. The monoisotopic (exact) mass is 356 g/mol. The Morgan fingerprint density at radius 3 is 2.96 bits per heavy atom. The average Bonchev–Trinajstić information content (AvgIpc) is 3.15. The molecule has 4 rings (SSSR count). The molecule has 3 aromatic rings. The van der Waals surface area contributed by atoms with Gasteiger partial charge in [-0.2, -0.15) is 0 Å². The summed E-state index contributed by atoms with van der Waals surface area (Å²) in [5.41, 5.74) is 1.73. The topological polar surface area (TPSA) is 71.2 Å². The van der Waals surface area contributed by atoms with Crippen molar-refractivity contribution in [2.75, 3.05) is 18.0 Å². The van der Waals surface area contributed by atoms with Gasteiger partial charge in [0.15, 0.2) is 0 Å². The average molecular weight is 357 g/mol. The Kier molecular flexibility index (Phi) is 4.05. The number of piperidine rings is 1. The first-order chi connectivity index (χ1) is 12.1. The molecule has 1 aromatic carbocycles. The van der Waals surface area contributed by atoms with E-state index in [1.165, 1.54) is 0 Å². The lowest BCUT2D eigenvalue weighted by atomic mass is 9.98. The number of benzene rings is 1. The predicted molar refractivity (Wildman–Crippen MR) is 96.4 cm³/mol. The van der Waals surface area contributed by atoms with Crippen molar-refractivity contribution < 1.29 is 9.90 Å². The minimum absolute atomic E-state index is 0.359. The van der Waals surface area contributed by atoms with Gasteiger partial charge in [0, 0.05) is 42.0 Å². The molecule has 128 valence electrons. The van der Waals surface area contributed by atoms with Crippen LogP contribution < -0.4 is 4.90 Å². The van der Waals surface area contributed by atoms with E-state index in [1.807, 2.05) is 39.9 Å². The van der Waals surface area contributed by atoms with Gasteiger partial charge in [-0.05, 0) is 31.0 Å². The minimum Gasteiger partial charge on any atom is -0.481 e. The van der Waals surface area contributed by atoms with Crippen molar-refractivity contribution in [2.24, 2.45) is 5.92 Å². The van der Waals surface area contributed by atoms with E-state index in [0.29, 0.717) is 18.0 Å². The third-order valence-corrected chi connectivity index (χ3v) is 4.85. The lowest BCUT2D eigenvalue weighted by Gasteiger charge is -2.32. The fraction of sp³-hybridized carbons (Fsp3) is 0.278. The van der Waals surface area contributed by atoms with Crippen molar-refractivity contribution in [1.29, 1.82) is 0 Å². The number of imidazole rings is 1. The number of carboxylic acids is 1. The Balaban J connectivity index is 1.83. The van der Waals surface area contributed by atoms with Crippen molar-refractivity contribution in [3.05, 3.63) is 48.0 Å². The molecule has 0 bridgehead atoms. The number of aliphatic carboxylic acids is 1. The Labute approximate surface area is 149 Å². The summed E-state index contributed by atoms with van der Waals surface area (Å²) < 4.78 is 1.93. The molecule has 2 aromatic heterocycles. The molecule has 0 radical (unpaired) electrons. The molecule has 1 saturated heterocycles. The van der Waals surface area contributed by atoms with Crippen molar-refractivity contribution in [2.45, 2.75) is 12.8 Å². The van der Waals surface area contributed by atoms with Crippen LogP contribution in [0.4, 0.5) is 5.82 Å². The molecule has 7 heteroatoms. The van der Waals surface area contributed by atoms with E-state index in [2.05, 4.69) is 4.98 Å². The molecule has 0 spiro atoms. The molecular weight excluding hydrogens is 340 g/mol. The molecule has 1 fully saturated rings. The van der Waals surface area contributed by atoms with Crippen LogP contribution in [-0.2, 0) is 4.79 Å². The highest BCUT2D eigenvalue weighted by atomic mass is 35.5. The molecule has 0 saturated carbocycles. The van der Waals surface area contributed by atoms with Crippen LogP contribution in [0.1, 0.15) is 12.8 Å². The van der Waals surface area contributed by atoms with Crippen LogP contribution >= 0.6 is 11.6 Å². The van der Waals surface area contributed by atoms with Gasteiger partial charge in [-0.25, -0.2) is 9.97 Å². The van der Waals surface area contributed by atoms with E-state index in [0.717, 1.165) is 35.4 Å². The maximum Gasteiger partial charge on any atom is 0.308 e. The number of fused-ring (bicyclic) bond motifs is 1. The lowest BCUT2D eigenvalue weighted by molar-refractivity contribution is -0.141. The van der Waals surface area contributed by atoms with Crippen LogP contribution in [0.3, 0.4) is 0 Å². The third kappa shape index (κ3) is 3.05. The zero-order valence-corrected chi connectivity index (χ0v) is 14.2. The highest BCUT2D eigenvalue weighted by molar-refractivity contribution is 6.31. The molecule has 3 heterocycles. The second-order valence-corrected chi connectivity index (χ2v) is 6.69. The van der Waals surface area contributed by atoms with Gasteiger partial charge in [0.25, 0.3) is 0 Å². The number of hydrogen-bond donors (Lipinski definition) is 1. The van der Waals surface area contributed by atoms with Crippen LogP contribution in [0.25, 0.3) is 16.6 Å². The first-order valence-corrected chi connectivity index (χ1v) is 8.56. The number of hydrogen-bond acceptors (Lipinski definition) is 4. The number of carbonyl (C=O) groups is 1. The SMILES string of the molecule is O=C(O)[C@H]1CCCN(c2cc(-n3ccnc3)c3ccc(Cl)cc3n2)C1. The normalized spacial score (nSPS) is 17.8. The fourth-order valence-electron chi connectivity index (χ4n) is 3.33. The largest absolute Gasteiger partial charge is 0.481 e. The van der Waals surface area contributed by atoms with Crippen molar-refractivity contribution in [3.8, 4) is 5.69 Å². The van der Waals surface area contributed by atoms with Gasteiger partial charge in [-0.15, -0.1) is 0 Å². The fourth-order valence-corrected chi connectivity index (χ4v) is 3.50. The smallest absolute Gasteiger partial charge is 0.308 e. The summed E-state index contributed by atoms with van der Waals surface area (Å²) in [5, 5.41) is 10.9. The Morgan fingerprint density at radius 1 is 1.32 bits per heavy atom. The molecule has 0 amide bonds. The highest BCUT2D eigenvalue weighted by Gasteiger charge is 2.26. The van der Waals surface area contributed by atoms with E-state index in [1.54, 1.807) is 12.5 Å². The van der Waals surface area contributed by atoms with Crippen LogP contribution in [0.5, 0.6) is 0 Å². The number of aromatic nitrogens is 3. The first-order valence-electron chi connectivity index (χ1n) is 8.18. The highest BCUT2D eigenvalue weighted by Crippen LogP contribution is 2.30. The van der Waals surface area contributed by atoms with Gasteiger partial charge in [-0.3, -0.25) is 4.79 Å². The maximum atomic E-state index is 11.4. The number of pyridine rings is 1. The zero-order chi connectivity index (χ0) is 17.4. The van der Waals surface area contributed by atoms with Crippen molar-refractivity contribution in [3.63, 3.8) is 0 Å². The molecule has 1 atom stereocenters. The quantitative estimate of drug-likeness (QED) is 0.779. The second kappa shape index (κ2) is 6.37. The maximum absolute atomic E-state index is 11.4. The van der Waals surface area contributed by atoms with Gasteiger partial charge < -0.3 is 14.6 Å². The van der Waals surface area contributed by atoms with E-state index in [9.17, 15) is 9.90 Å². The molecule has 6 nitrogen and oxygen atoms in total. The first kappa shape index (κ1) is 15.9. The van der Waals surface area contributed by atoms with Crippen LogP contribution in [-0.4, -0.2) is 38.7 Å². The van der Waals surface area contributed by atoms with E-state index >= 15 is 0 Å². The van der Waals surface area contributed by atoms with Gasteiger partial charge in [-0.1, -0.05) is 11.6 Å². The minimum atomic E-state index is -0.747. The number of carboxylic acid groups (broad SMARTS) is 1. The van der Waals surface area contributed by atoms with Gasteiger partial charge in [0.2, 0.25) is 0 Å². The number of anilines is 1. The lowest BCUT2D eigenvalue weighted by Crippen LogP contribution is -2.39. The van der Waals surface area contributed by atoms with Crippen LogP contribution in [0, 0.1) is 5.92 Å². The summed E-state index contributed by atoms with van der Waals surface area (Å²) in [6, 6.07) is 7.61. The number of halogens is 1. The zero-order valence-electron chi connectivity index (χ0n) is 13.5. The summed E-state index contributed by atoms with van der Waals surface area (Å²) >= 11 is 6.15. The van der Waals surface area contributed by atoms with Crippen molar-refractivity contribution >= 4 is 34.3 Å². The van der Waals surface area contributed by atoms with E-state index in [4.69, 9.17) is 16.6 Å². The van der Waals surface area contributed by atoms with Crippen molar-refractivity contribution in [1.82, 2.24) is 14.5 Å². The van der Waals surface area contributed by atoms with E-state index in [-0.39, 0.29) is 5.92 Å². The number of rotatable bonds is 3. The molecule has 1 N–H and O–H groups in total. The van der Waals surface area contributed by atoms with Crippen LogP contribution in [0.15, 0.2) is 43.0 Å². The molecule has 0 aliphatic carbocycles. The number of nitrogens with zero attached hydrogens (tertiary/aromatic N) is 4. The summed E-state index contributed by atoms with van der Waals surface area (Å²) in [6.07, 6.45) is 6.89.